The predicted molar refractivity (Wildman–Crippen MR) is 72.2 cm³/mol. The van der Waals surface area contributed by atoms with E-state index in [-0.39, 0.29) is 19.1 Å². The first-order valence-corrected chi connectivity index (χ1v) is 9.26. The molecule has 106 valence electrons. The fraction of sp³-hybridized carbons (Fsp3) is 0.455. The van der Waals surface area contributed by atoms with E-state index >= 15 is 0 Å². The van der Waals surface area contributed by atoms with E-state index in [1.807, 2.05) is 0 Å². The molecule has 2 rings (SSSR count). The molecule has 6 nitrogen and oxygen atoms in total. The molecule has 0 aromatic heterocycles. The van der Waals surface area contributed by atoms with Crippen LogP contribution in [-0.4, -0.2) is 42.5 Å². The number of fused-ring (bicyclic) bond motifs is 1. The second kappa shape index (κ2) is 4.77. The van der Waals surface area contributed by atoms with Crippen molar-refractivity contribution in [3.63, 3.8) is 0 Å². The summed E-state index contributed by atoms with van der Waals surface area (Å²) in [5, 5.41) is 0. The number of hydrogen-bond donors (Lipinski definition) is 0. The van der Waals surface area contributed by atoms with Crippen LogP contribution >= 0.6 is 0 Å². The van der Waals surface area contributed by atoms with Gasteiger partial charge in [0.05, 0.1) is 24.8 Å². The van der Waals surface area contributed by atoms with E-state index in [1.165, 1.54) is 4.31 Å². The third-order valence-electron chi connectivity index (χ3n) is 2.92. The molecule has 0 saturated heterocycles. The molecule has 1 aliphatic rings. The van der Waals surface area contributed by atoms with Gasteiger partial charge in [0, 0.05) is 12.5 Å². The van der Waals surface area contributed by atoms with Crippen molar-refractivity contribution in [3.8, 4) is 0 Å². The number of anilines is 1. The van der Waals surface area contributed by atoms with Gasteiger partial charge in [0.1, 0.15) is 0 Å². The zero-order valence-corrected chi connectivity index (χ0v) is 12.2. The zero-order valence-electron chi connectivity index (χ0n) is 10.6. The van der Waals surface area contributed by atoms with Gasteiger partial charge in [-0.2, -0.15) is 8.42 Å². The third kappa shape index (κ3) is 3.26. The highest BCUT2D eigenvalue weighted by atomic mass is 32.2. The first kappa shape index (κ1) is 14.3. The van der Waals surface area contributed by atoms with E-state index in [2.05, 4.69) is 0 Å². The molecule has 0 aliphatic carbocycles. The number of para-hydroxylation sites is 1. The second-order valence-electron chi connectivity index (χ2n) is 4.54. The molecular weight excluding hydrogens is 290 g/mol. The van der Waals surface area contributed by atoms with Crippen molar-refractivity contribution in [2.24, 2.45) is 0 Å². The summed E-state index contributed by atoms with van der Waals surface area (Å²) >= 11 is 0. The lowest BCUT2D eigenvalue weighted by molar-refractivity contribution is 0.300. The first-order valence-electron chi connectivity index (χ1n) is 5.59. The Morgan fingerprint density at radius 2 is 1.84 bits per heavy atom. The molecule has 0 fully saturated rings. The minimum Gasteiger partial charge on any atom is -0.270 e. The Morgan fingerprint density at radius 3 is 2.42 bits per heavy atom. The molecule has 0 amide bonds. The van der Waals surface area contributed by atoms with Crippen molar-refractivity contribution in [2.45, 2.75) is 5.92 Å². The number of hydrogen-bond acceptors (Lipinski definition) is 5. The maximum atomic E-state index is 11.7. The van der Waals surface area contributed by atoms with Crippen LogP contribution in [0.3, 0.4) is 0 Å². The Labute approximate surface area is 113 Å². The average molecular weight is 305 g/mol. The van der Waals surface area contributed by atoms with Crippen LogP contribution in [0.4, 0.5) is 5.69 Å². The van der Waals surface area contributed by atoms with E-state index in [4.69, 9.17) is 4.18 Å². The maximum Gasteiger partial charge on any atom is 0.264 e. The van der Waals surface area contributed by atoms with Crippen molar-refractivity contribution in [1.29, 1.82) is 0 Å². The summed E-state index contributed by atoms with van der Waals surface area (Å²) in [5.74, 6) is -0.277. The van der Waals surface area contributed by atoms with Crippen LogP contribution < -0.4 is 4.31 Å². The Morgan fingerprint density at radius 1 is 1.21 bits per heavy atom. The molecule has 1 heterocycles. The summed E-state index contributed by atoms with van der Waals surface area (Å²) in [6.07, 6.45) is 2.10. The van der Waals surface area contributed by atoms with Crippen LogP contribution in [0.2, 0.25) is 0 Å². The van der Waals surface area contributed by atoms with Crippen LogP contribution in [0.1, 0.15) is 11.5 Å². The molecule has 8 heteroatoms. The normalized spacial score (nSPS) is 19.5. The van der Waals surface area contributed by atoms with Crippen LogP contribution in [-0.2, 0) is 24.3 Å². The molecule has 1 atom stereocenters. The van der Waals surface area contributed by atoms with Gasteiger partial charge < -0.3 is 0 Å². The molecule has 0 spiro atoms. The summed E-state index contributed by atoms with van der Waals surface area (Å²) in [4.78, 5) is 0. The van der Waals surface area contributed by atoms with Crippen molar-refractivity contribution >= 4 is 25.8 Å². The molecule has 1 unspecified atom stereocenters. The second-order valence-corrected chi connectivity index (χ2v) is 8.09. The van der Waals surface area contributed by atoms with Crippen molar-refractivity contribution < 1.29 is 21.0 Å². The van der Waals surface area contributed by atoms with Gasteiger partial charge in [-0.1, -0.05) is 18.2 Å². The summed E-state index contributed by atoms with van der Waals surface area (Å²) in [5.41, 5.74) is 1.38. The Hall–Kier alpha value is -1.12. The van der Waals surface area contributed by atoms with Crippen LogP contribution in [0.15, 0.2) is 24.3 Å². The standard InChI is InChI=1S/C11H15NO5S2/c1-18(13,14)12-7-9(8-17-19(2,15)16)10-5-3-4-6-11(10)12/h3-6,9H,7-8H2,1-2H3. The van der Waals surface area contributed by atoms with Gasteiger partial charge >= 0.3 is 0 Å². The maximum absolute atomic E-state index is 11.7. The lowest BCUT2D eigenvalue weighted by Crippen LogP contribution is -2.29. The molecule has 1 aliphatic heterocycles. The molecular formula is C11H15NO5S2. The number of benzene rings is 1. The highest BCUT2D eigenvalue weighted by Gasteiger charge is 2.33. The fourth-order valence-electron chi connectivity index (χ4n) is 2.12. The number of sulfonamides is 1. The van der Waals surface area contributed by atoms with E-state index in [9.17, 15) is 16.8 Å². The van der Waals surface area contributed by atoms with Gasteiger partial charge in [0.15, 0.2) is 0 Å². The Balaban J connectivity index is 2.31. The van der Waals surface area contributed by atoms with Crippen molar-refractivity contribution in [1.82, 2.24) is 0 Å². The first-order chi connectivity index (χ1) is 8.68. The summed E-state index contributed by atoms with van der Waals surface area (Å²) in [7, 11) is -6.91. The molecule has 0 N–H and O–H groups in total. The third-order valence-corrected chi connectivity index (χ3v) is 4.63. The van der Waals surface area contributed by atoms with Gasteiger partial charge in [-0.05, 0) is 11.6 Å². The lowest BCUT2D eigenvalue weighted by atomic mass is 10.0. The van der Waals surface area contributed by atoms with Crippen LogP contribution in [0, 0.1) is 0 Å². The van der Waals surface area contributed by atoms with Gasteiger partial charge in [-0.25, -0.2) is 8.42 Å². The SMILES string of the molecule is CS(=O)(=O)OCC1CN(S(C)(=O)=O)c2ccccc21. The Bertz CT molecular complexity index is 681. The number of nitrogens with zero attached hydrogens (tertiary/aromatic N) is 1. The smallest absolute Gasteiger partial charge is 0.264 e. The van der Waals surface area contributed by atoms with Crippen LogP contribution in [0.5, 0.6) is 0 Å². The summed E-state index contributed by atoms with van der Waals surface area (Å²) in [6.45, 7) is 0.148. The lowest BCUT2D eigenvalue weighted by Gasteiger charge is -2.16. The van der Waals surface area contributed by atoms with Crippen molar-refractivity contribution in [3.05, 3.63) is 29.8 Å². The number of rotatable bonds is 4. The molecule has 1 aromatic rings. The largest absolute Gasteiger partial charge is 0.270 e. The topological polar surface area (TPSA) is 80.8 Å². The van der Waals surface area contributed by atoms with E-state index in [1.54, 1.807) is 24.3 Å². The molecule has 19 heavy (non-hydrogen) atoms. The Kier molecular flexibility index (Phi) is 3.59. The van der Waals surface area contributed by atoms with Crippen molar-refractivity contribution in [2.75, 3.05) is 30.0 Å². The summed E-state index contributed by atoms with van der Waals surface area (Å²) < 4.78 is 51.5. The van der Waals surface area contributed by atoms with E-state index in [0.717, 1.165) is 18.1 Å². The highest BCUT2D eigenvalue weighted by Crippen LogP contribution is 2.37. The van der Waals surface area contributed by atoms with E-state index in [0.29, 0.717) is 5.69 Å². The molecule has 0 radical (unpaired) electrons. The van der Waals surface area contributed by atoms with E-state index < -0.39 is 20.1 Å². The van der Waals surface area contributed by atoms with Crippen LogP contribution in [0.25, 0.3) is 0 Å². The predicted octanol–water partition coefficient (Wildman–Crippen LogP) is 0.526. The molecule has 0 saturated carbocycles. The van der Waals surface area contributed by atoms with Gasteiger partial charge in [-0.3, -0.25) is 8.49 Å². The minimum atomic E-state index is -3.54. The van der Waals surface area contributed by atoms with Gasteiger partial charge in [0.2, 0.25) is 10.0 Å². The average Bonchev–Trinajstić information content (AvgIpc) is 2.64. The van der Waals surface area contributed by atoms with Gasteiger partial charge in [-0.15, -0.1) is 0 Å². The molecule has 0 bridgehead atoms. The summed E-state index contributed by atoms with van der Waals surface area (Å²) in [6, 6.07) is 7.03. The monoisotopic (exact) mass is 305 g/mol. The quantitative estimate of drug-likeness (QED) is 0.758. The molecule has 1 aromatic carbocycles. The zero-order chi connectivity index (χ0) is 14.3. The minimum absolute atomic E-state index is 0.0537. The highest BCUT2D eigenvalue weighted by molar-refractivity contribution is 7.92. The van der Waals surface area contributed by atoms with Gasteiger partial charge in [0.25, 0.3) is 10.1 Å². The fourth-order valence-corrected chi connectivity index (χ4v) is 3.50.